The molecule has 4 rings (SSSR count). The monoisotopic (exact) mass is 477 g/mol. The molecule has 0 atom stereocenters. The highest BCUT2D eigenvalue weighted by atomic mass is 35.5. The van der Waals surface area contributed by atoms with E-state index in [9.17, 15) is 9.18 Å². The summed E-state index contributed by atoms with van der Waals surface area (Å²) in [7, 11) is 0. The average molecular weight is 478 g/mol. The molecule has 0 saturated carbocycles. The number of thioether (sulfide) groups is 1. The maximum atomic E-state index is 13.1. The van der Waals surface area contributed by atoms with Crippen LogP contribution in [0.15, 0.2) is 53.7 Å². The third-order valence-corrected chi connectivity index (χ3v) is 5.84. The molecule has 0 bridgehead atoms. The molecule has 0 saturated heterocycles. The standard InChI is InChI=1S/C19H14Cl2FN7OS/c20-13-6-5-12(7-14(13)21)24-17(30)9-31-19-28-27-18(29(19)23)16-8-15(25-26-16)10-1-3-11(22)4-2-10/h1-8H,9,23H2,(H,24,30)(H,25,26). The number of nitrogen functional groups attached to an aromatic ring is 1. The third-order valence-electron chi connectivity index (χ3n) is 4.16. The first-order valence-electron chi connectivity index (χ1n) is 8.80. The maximum Gasteiger partial charge on any atom is 0.234 e. The fourth-order valence-corrected chi connectivity index (χ4v) is 3.62. The minimum Gasteiger partial charge on any atom is -0.335 e. The van der Waals surface area contributed by atoms with Crippen molar-refractivity contribution in [3.8, 4) is 22.8 Å². The molecule has 0 aliphatic rings. The number of rotatable bonds is 6. The minimum absolute atomic E-state index is 0.0549. The molecule has 4 N–H and O–H groups in total. The van der Waals surface area contributed by atoms with Crippen molar-refractivity contribution < 1.29 is 9.18 Å². The van der Waals surface area contributed by atoms with Crippen molar-refractivity contribution in [2.24, 2.45) is 0 Å². The first kappa shape index (κ1) is 21.2. The summed E-state index contributed by atoms with van der Waals surface area (Å²) < 4.78 is 14.4. The van der Waals surface area contributed by atoms with Gasteiger partial charge >= 0.3 is 0 Å². The van der Waals surface area contributed by atoms with E-state index >= 15 is 0 Å². The van der Waals surface area contributed by atoms with Gasteiger partial charge in [0.1, 0.15) is 11.5 Å². The number of nitrogens with zero attached hydrogens (tertiary/aromatic N) is 4. The Morgan fingerprint density at radius 3 is 2.65 bits per heavy atom. The number of halogens is 3. The molecule has 0 aliphatic heterocycles. The highest BCUT2D eigenvalue weighted by molar-refractivity contribution is 7.99. The second kappa shape index (κ2) is 8.96. The van der Waals surface area contributed by atoms with Crippen molar-refractivity contribution in [3.05, 3.63) is 64.4 Å². The van der Waals surface area contributed by atoms with Gasteiger partial charge in [-0.05, 0) is 48.5 Å². The summed E-state index contributed by atoms with van der Waals surface area (Å²) in [6.45, 7) is 0. The number of amides is 1. The molecule has 0 radical (unpaired) electrons. The maximum absolute atomic E-state index is 13.1. The zero-order valence-electron chi connectivity index (χ0n) is 15.6. The molecule has 0 unspecified atom stereocenters. The summed E-state index contributed by atoms with van der Waals surface area (Å²) in [6.07, 6.45) is 0. The molecular formula is C19H14Cl2FN7OS. The van der Waals surface area contributed by atoms with Gasteiger partial charge in [-0.2, -0.15) is 5.10 Å². The van der Waals surface area contributed by atoms with E-state index in [1.54, 1.807) is 36.4 Å². The first-order chi connectivity index (χ1) is 14.9. The highest BCUT2D eigenvalue weighted by Gasteiger charge is 2.16. The van der Waals surface area contributed by atoms with Crippen LogP contribution in [0.1, 0.15) is 0 Å². The second-order valence-corrected chi connectivity index (χ2v) is 8.07. The van der Waals surface area contributed by atoms with Crippen LogP contribution in [0.25, 0.3) is 22.8 Å². The number of H-pyrrole nitrogens is 1. The minimum atomic E-state index is -0.328. The molecule has 8 nitrogen and oxygen atoms in total. The summed E-state index contributed by atoms with van der Waals surface area (Å²) >= 11 is 12.9. The molecule has 0 fully saturated rings. The molecule has 12 heteroatoms. The lowest BCUT2D eigenvalue weighted by atomic mass is 10.1. The van der Waals surface area contributed by atoms with Crippen LogP contribution < -0.4 is 11.2 Å². The van der Waals surface area contributed by atoms with Crippen molar-refractivity contribution in [2.75, 3.05) is 16.9 Å². The zero-order valence-corrected chi connectivity index (χ0v) is 18.0. The molecule has 4 aromatic rings. The summed E-state index contributed by atoms with van der Waals surface area (Å²) in [5, 5.41) is 18.9. The van der Waals surface area contributed by atoms with Gasteiger partial charge in [-0.15, -0.1) is 10.2 Å². The van der Waals surface area contributed by atoms with E-state index in [1.165, 1.54) is 16.8 Å². The lowest BCUT2D eigenvalue weighted by Gasteiger charge is -2.06. The fourth-order valence-electron chi connectivity index (χ4n) is 2.66. The van der Waals surface area contributed by atoms with Gasteiger partial charge in [-0.1, -0.05) is 35.0 Å². The van der Waals surface area contributed by atoms with Crippen LogP contribution in [0.4, 0.5) is 10.1 Å². The Bertz CT molecular complexity index is 1240. The number of aromatic nitrogens is 5. The topological polar surface area (TPSA) is 115 Å². The van der Waals surface area contributed by atoms with Crippen LogP contribution in [-0.4, -0.2) is 36.7 Å². The zero-order chi connectivity index (χ0) is 22.0. The largest absolute Gasteiger partial charge is 0.335 e. The van der Waals surface area contributed by atoms with Gasteiger partial charge in [0.25, 0.3) is 0 Å². The lowest BCUT2D eigenvalue weighted by molar-refractivity contribution is -0.113. The van der Waals surface area contributed by atoms with E-state index in [0.717, 1.165) is 17.3 Å². The van der Waals surface area contributed by atoms with Gasteiger partial charge in [0.15, 0.2) is 0 Å². The van der Waals surface area contributed by atoms with Crippen LogP contribution in [-0.2, 0) is 4.79 Å². The molecule has 2 aromatic carbocycles. The van der Waals surface area contributed by atoms with Crippen LogP contribution in [0, 0.1) is 5.82 Å². The lowest BCUT2D eigenvalue weighted by Crippen LogP contribution is -2.16. The Morgan fingerprint density at radius 1 is 1.13 bits per heavy atom. The van der Waals surface area contributed by atoms with E-state index in [-0.39, 0.29) is 17.5 Å². The normalized spacial score (nSPS) is 10.9. The molecule has 0 aliphatic carbocycles. The van der Waals surface area contributed by atoms with Gasteiger partial charge in [-0.3, -0.25) is 9.89 Å². The van der Waals surface area contributed by atoms with Crippen LogP contribution in [0.5, 0.6) is 0 Å². The Balaban J connectivity index is 1.42. The van der Waals surface area contributed by atoms with Crippen molar-refractivity contribution >= 4 is 46.6 Å². The number of anilines is 1. The molecule has 0 spiro atoms. The average Bonchev–Trinajstić information content (AvgIpc) is 3.36. The highest BCUT2D eigenvalue weighted by Crippen LogP contribution is 2.26. The molecular weight excluding hydrogens is 464 g/mol. The number of nitrogens with two attached hydrogens (primary N) is 1. The van der Waals surface area contributed by atoms with Crippen LogP contribution in [0.2, 0.25) is 10.0 Å². The number of carbonyl (C=O) groups excluding carboxylic acids is 1. The number of aromatic amines is 1. The van der Waals surface area contributed by atoms with Gasteiger partial charge < -0.3 is 11.2 Å². The number of nitrogens with one attached hydrogen (secondary N) is 2. The number of hydrogen-bond acceptors (Lipinski definition) is 6. The fraction of sp³-hybridized carbons (Fsp3) is 0.0526. The molecule has 2 heterocycles. The van der Waals surface area contributed by atoms with Crippen molar-refractivity contribution in [1.82, 2.24) is 25.1 Å². The SMILES string of the molecule is Nn1c(SCC(=O)Nc2ccc(Cl)c(Cl)c2)nnc1-c1cc(-c2ccc(F)cc2)n[nH]1. The molecule has 158 valence electrons. The molecule has 31 heavy (non-hydrogen) atoms. The van der Waals surface area contributed by atoms with E-state index in [4.69, 9.17) is 29.0 Å². The second-order valence-electron chi connectivity index (χ2n) is 6.32. The van der Waals surface area contributed by atoms with Crippen molar-refractivity contribution in [3.63, 3.8) is 0 Å². The van der Waals surface area contributed by atoms with Crippen LogP contribution in [0.3, 0.4) is 0 Å². The quantitative estimate of drug-likeness (QED) is 0.282. The summed E-state index contributed by atoms with van der Waals surface area (Å²) in [5.74, 6) is 5.89. The first-order valence-corrected chi connectivity index (χ1v) is 10.5. The van der Waals surface area contributed by atoms with Gasteiger partial charge in [0.2, 0.25) is 16.9 Å². The summed E-state index contributed by atoms with van der Waals surface area (Å²) in [6, 6.07) is 12.5. The molecule has 1 amide bonds. The predicted octanol–water partition coefficient (Wildman–Crippen LogP) is 4.23. The number of hydrogen-bond donors (Lipinski definition) is 3. The van der Waals surface area contributed by atoms with Crippen molar-refractivity contribution in [2.45, 2.75) is 5.16 Å². The number of benzene rings is 2. The predicted molar refractivity (Wildman–Crippen MR) is 119 cm³/mol. The van der Waals surface area contributed by atoms with E-state index < -0.39 is 0 Å². The van der Waals surface area contributed by atoms with Gasteiger partial charge in [0.05, 0.1) is 21.5 Å². The Morgan fingerprint density at radius 2 is 1.90 bits per heavy atom. The van der Waals surface area contributed by atoms with E-state index in [2.05, 4.69) is 25.7 Å². The van der Waals surface area contributed by atoms with E-state index in [1.807, 2.05) is 0 Å². The third kappa shape index (κ3) is 4.82. The summed E-state index contributed by atoms with van der Waals surface area (Å²) in [5.41, 5.74) is 2.40. The van der Waals surface area contributed by atoms with Crippen molar-refractivity contribution in [1.29, 1.82) is 0 Å². The van der Waals surface area contributed by atoms with Crippen LogP contribution >= 0.6 is 35.0 Å². The Kier molecular flexibility index (Phi) is 6.12. The summed E-state index contributed by atoms with van der Waals surface area (Å²) in [4.78, 5) is 12.2. The Hall–Kier alpha value is -3.08. The Labute approximate surface area is 189 Å². The molecule has 2 aromatic heterocycles. The van der Waals surface area contributed by atoms with Gasteiger partial charge in [0, 0.05) is 11.3 Å². The van der Waals surface area contributed by atoms with E-state index in [0.29, 0.717) is 38.1 Å². The smallest absolute Gasteiger partial charge is 0.234 e. The number of carbonyl (C=O) groups is 1. The van der Waals surface area contributed by atoms with Gasteiger partial charge in [-0.25, -0.2) is 9.07 Å².